The maximum Gasteiger partial charge on any atom is 0.219 e. The highest BCUT2D eigenvalue weighted by Crippen LogP contribution is 2.45. The lowest BCUT2D eigenvalue weighted by molar-refractivity contribution is 0.256. The van der Waals surface area contributed by atoms with Crippen LogP contribution in [0.3, 0.4) is 0 Å². The Morgan fingerprint density at radius 3 is 2.92 bits per heavy atom. The van der Waals surface area contributed by atoms with Gasteiger partial charge in [-0.05, 0) is 53.6 Å². The predicted octanol–water partition coefficient (Wildman–Crippen LogP) is 4.13. The van der Waals surface area contributed by atoms with E-state index >= 15 is 0 Å². The summed E-state index contributed by atoms with van der Waals surface area (Å²) >= 11 is 0. The summed E-state index contributed by atoms with van der Waals surface area (Å²) in [6, 6.07) is 1.85. The fourth-order valence-corrected chi connectivity index (χ4v) is 4.09. The second-order valence-electron chi connectivity index (χ2n) is 6.89. The van der Waals surface area contributed by atoms with Crippen molar-refractivity contribution < 1.29 is 14.2 Å². The first-order valence-electron chi connectivity index (χ1n) is 8.55. The van der Waals surface area contributed by atoms with E-state index in [1.165, 1.54) is 6.08 Å². The number of allylic oxidation sites excluding steroid dienone is 4. The summed E-state index contributed by atoms with van der Waals surface area (Å²) in [7, 11) is 3.60. The average molecular weight is 357 g/mol. The maximum atomic E-state index is 14.0. The lowest BCUT2D eigenvalue weighted by Crippen LogP contribution is -2.28. The van der Waals surface area contributed by atoms with Gasteiger partial charge in [0.25, 0.3) is 0 Å². The first kappa shape index (κ1) is 16.8. The van der Waals surface area contributed by atoms with Crippen molar-refractivity contribution in [1.82, 2.24) is 9.88 Å². The van der Waals surface area contributed by atoms with Crippen LogP contribution in [-0.4, -0.2) is 35.7 Å². The average Bonchev–Trinajstić information content (AvgIpc) is 2.96. The number of hydrogen-bond donors (Lipinski definition) is 2. The van der Waals surface area contributed by atoms with Crippen LogP contribution < -0.4 is 0 Å². The SMILES string of the molecule is COC1=CC=C(F)CC1c1cc2c(N=O)c(O)[nH]c2c2c1CCN(C)C2. The Labute approximate surface area is 149 Å². The number of benzene rings is 1. The van der Waals surface area contributed by atoms with E-state index < -0.39 is 0 Å². The highest BCUT2D eigenvalue weighted by atomic mass is 19.1. The third-order valence-corrected chi connectivity index (χ3v) is 5.35. The van der Waals surface area contributed by atoms with E-state index in [9.17, 15) is 14.4 Å². The predicted molar refractivity (Wildman–Crippen MR) is 97.1 cm³/mol. The number of fused-ring (bicyclic) bond motifs is 3. The van der Waals surface area contributed by atoms with Gasteiger partial charge in [-0.2, -0.15) is 0 Å². The van der Waals surface area contributed by atoms with Crippen LogP contribution in [0.5, 0.6) is 5.88 Å². The molecule has 1 aromatic carbocycles. The number of aromatic hydroxyl groups is 1. The number of likely N-dealkylation sites (N-methyl/N-ethyl adjacent to an activating group) is 1. The van der Waals surface area contributed by atoms with Crippen molar-refractivity contribution in [2.45, 2.75) is 25.3 Å². The van der Waals surface area contributed by atoms with Crippen LogP contribution in [0.4, 0.5) is 10.1 Å². The van der Waals surface area contributed by atoms with E-state index in [2.05, 4.69) is 15.1 Å². The van der Waals surface area contributed by atoms with Crippen molar-refractivity contribution in [3.8, 4) is 5.88 Å². The molecule has 2 N–H and O–H groups in total. The first-order chi connectivity index (χ1) is 12.5. The molecule has 4 rings (SSSR count). The van der Waals surface area contributed by atoms with E-state index in [1.54, 1.807) is 13.2 Å². The van der Waals surface area contributed by atoms with Crippen LogP contribution in [0.1, 0.15) is 29.0 Å². The van der Waals surface area contributed by atoms with Crippen molar-refractivity contribution >= 4 is 16.6 Å². The molecule has 1 unspecified atom stereocenters. The minimum Gasteiger partial charge on any atom is -0.500 e. The Morgan fingerprint density at radius 1 is 1.38 bits per heavy atom. The number of rotatable bonds is 3. The lowest BCUT2D eigenvalue weighted by Gasteiger charge is -2.31. The van der Waals surface area contributed by atoms with E-state index in [4.69, 9.17) is 4.74 Å². The third-order valence-electron chi connectivity index (χ3n) is 5.35. The van der Waals surface area contributed by atoms with Crippen LogP contribution in [0.25, 0.3) is 10.9 Å². The molecule has 0 saturated heterocycles. The summed E-state index contributed by atoms with van der Waals surface area (Å²) in [5.74, 6) is -0.0154. The highest BCUT2D eigenvalue weighted by molar-refractivity contribution is 5.97. The van der Waals surface area contributed by atoms with Gasteiger partial charge in [-0.15, -0.1) is 4.91 Å². The fraction of sp³-hybridized carbons (Fsp3) is 0.368. The third kappa shape index (κ3) is 2.50. The molecule has 7 heteroatoms. The zero-order chi connectivity index (χ0) is 18.4. The summed E-state index contributed by atoms with van der Waals surface area (Å²) in [5, 5.41) is 13.6. The summed E-state index contributed by atoms with van der Waals surface area (Å²) < 4.78 is 19.5. The molecule has 136 valence electrons. The van der Waals surface area contributed by atoms with Crippen LogP contribution in [0.15, 0.2) is 35.0 Å². The molecule has 26 heavy (non-hydrogen) atoms. The lowest BCUT2D eigenvalue weighted by atomic mass is 9.82. The number of nitroso groups, excluding NO2 is 1. The van der Waals surface area contributed by atoms with Gasteiger partial charge in [-0.25, -0.2) is 4.39 Å². The minimum atomic E-state index is -0.261. The van der Waals surface area contributed by atoms with Gasteiger partial charge in [-0.1, -0.05) is 0 Å². The monoisotopic (exact) mass is 357 g/mol. The number of nitrogens with one attached hydrogen (secondary N) is 1. The zero-order valence-electron chi connectivity index (χ0n) is 14.7. The molecule has 0 radical (unpaired) electrons. The first-order valence-corrected chi connectivity index (χ1v) is 8.55. The minimum absolute atomic E-state index is 0.00736. The van der Waals surface area contributed by atoms with Crippen molar-refractivity contribution in [1.29, 1.82) is 0 Å². The van der Waals surface area contributed by atoms with Crippen LogP contribution in [0, 0.1) is 4.91 Å². The molecule has 0 amide bonds. The normalized spacial score (nSPS) is 20.5. The van der Waals surface area contributed by atoms with Gasteiger partial charge in [0.05, 0.1) is 12.6 Å². The van der Waals surface area contributed by atoms with Crippen LogP contribution in [0.2, 0.25) is 0 Å². The fourth-order valence-electron chi connectivity index (χ4n) is 4.09. The second kappa shape index (κ2) is 6.25. The number of ether oxygens (including phenoxy) is 1. The zero-order valence-corrected chi connectivity index (χ0v) is 14.7. The van der Waals surface area contributed by atoms with Crippen molar-refractivity contribution in [2.24, 2.45) is 5.18 Å². The summed E-state index contributed by atoms with van der Waals surface area (Å²) in [4.78, 5) is 16.3. The van der Waals surface area contributed by atoms with Crippen molar-refractivity contribution in [3.63, 3.8) is 0 Å². The Kier molecular flexibility index (Phi) is 4.03. The maximum absolute atomic E-state index is 14.0. The van der Waals surface area contributed by atoms with Crippen molar-refractivity contribution in [2.75, 3.05) is 20.7 Å². The van der Waals surface area contributed by atoms with Gasteiger partial charge < -0.3 is 19.7 Å². The number of halogens is 1. The molecule has 2 heterocycles. The van der Waals surface area contributed by atoms with Gasteiger partial charge in [0.1, 0.15) is 11.6 Å². The molecule has 0 fully saturated rings. The van der Waals surface area contributed by atoms with E-state index in [0.29, 0.717) is 17.7 Å². The summed E-state index contributed by atoms with van der Waals surface area (Å²) in [5.41, 5.74) is 3.78. The Morgan fingerprint density at radius 2 is 2.19 bits per heavy atom. The number of hydrogen-bond acceptors (Lipinski definition) is 5. The molecule has 0 bridgehead atoms. The van der Waals surface area contributed by atoms with E-state index in [0.717, 1.165) is 35.2 Å². The topological polar surface area (TPSA) is 77.9 Å². The Hall–Kier alpha value is -2.67. The molecular weight excluding hydrogens is 337 g/mol. The van der Waals surface area contributed by atoms with Crippen molar-refractivity contribution in [3.05, 3.63) is 51.4 Å². The molecule has 0 spiro atoms. The summed E-state index contributed by atoms with van der Waals surface area (Å²) in [6.07, 6.45) is 4.10. The number of H-pyrrole nitrogens is 1. The van der Waals surface area contributed by atoms with Crippen LogP contribution >= 0.6 is 0 Å². The summed E-state index contributed by atoms with van der Waals surface area (Å²) in [6.45, 7) is 1.56. The van der Waals surface area contributed by atoms with Gasteiger partial charge in [0.15, 0.2) is 5.69 Å². The molecule has 1 atom stereocenters. The Balaban J connectivity index is 1.99. The standard InChI is InChI=1S/C19H20FN3O3/c1-23-6-5-11-12(13-7-10(20)3-4-16(13)26-2)8-14-17(15(11)9-23)21-19(24)18(14)22-25/h3-4,8,13,21,24H,5-7,9H2,1-2H3. The molecule has 1 aliphatic carbocycles. The van der Waals surface area contributed by atoms with Crippen LogP contribution in [-0.2, 0) is 17.7 Å². The highest BCUT2D eigenvalue weighted by Gasteiger charge is 2.30. The number of methoxy groups -OCH3 is 1. The van der Waals surface area contributed by atoms with E-state index in [1.807, 2.05) is 13.1 Å². The molecule has 0 saturated carbocycles. The smallest absolute Gasteiger partial charge is 0.219 e. The van der Waals surface area contributed by atoms with E-state index in [-0.39, 0.29) is 29.7 Å². The largest absolute Gasteiger partial charge is 0.500 e. The van der Waals surface area contributed by atoms with Gasteiger partial charge in [0, 0.05) is 30.8 Å². The molecule has 1 aromatic heterocycles. The number of aromatic amines is 1. The van der Waals surface area contributed by atoms with Gasteiger partial charge in [0.2, 0.25) is 5.88 Å². The molecule has 2 aliphatic rings. The Bertz CT molecular complexity index is 961. The molecular formula is C19H20FN3O3. The van der Waals surface area contributed by atoms with Gasteiger partial charge in [-0.3, -0.25) is 0 Å². The molecule has 6 nitrogen and oxygen atoms in total. The molecule has 1 aliphatic heterocycles. The second-order valence-corrected chi connectivity index (χ2v) is 6.89. The number of aromatic nitrogens is 1. The van der Waals surface area contributed by atoms with Gasteiger partial charge >= 0.3 is 0 Å². The number of nitrogens with zero attached hydrogens (tertiary/aromatic N) is 2. The molecule has 2 aromatic rings. The quantitative estimate of drug-likeness (QED) is 0.810.